The summed E-state index contributed by atoms with van der Waals surface area (Å²) in [4.78, 5) is 26.8. The van der Waals surface area contributed by atoms with Crippen LogP contribution in [0.3, 0.4) is 0 Å². The van der Waals surface area contributed by atoms with Crippen molar-refractivity contribution in [2.75, 3.05) is 31.1 Å². The number of anilines is 1. The summed E-state index contributed by atoms with van der Waals surface area (Å²) in [6, 6.07) is 3.97. The smallest absolute Gasteiger partial charge is 0.410 e. The molecule has 0 radical (unpaired) electrons. The first kappa shape index (κ1) is 20.4. The number of rotatable bonds is 2. The number of likely N-dealkylation sites (tertiary alicyclic amines) is 1. The third-order valence-electron chi connectivity index (χ3n) is 5.62. The van der Waals surface area contributed by atoms with Gasteiger partial charge in [-0.2, -0.15) is 0 Å². The van der Waals surface area contributed by atoms with Crippen LogP contribution in [0.5, 0.6) is 0 Å². The molecule has 3 rings (SSSR count). The summed E-state index contributed by atoms with van der Waals surface area (Å²) in [5.74, 6) is -0.566. The number of ether oxygens (including phenoxy) is 1. The summed E-state index contributed by atoms with van der Waals surface area (Å²) >= 11 is 0. The van der Waals surface area contributed by atoms with Crippen LogP contribution in [0, 0.1) is 21.3 Å². The highest BCUT2D eigenvalue weighted by Gasteiger charge is 2.41. The van der Waals surface area contributed by atoms with Crippen molar-refractivity contribution in [1.29, 1.82) is 0 Å². The summed E-state index contributed by atoms with van der Waals surface area (Å²) in [5.41, 5.74) is -0.697. The Bertz CT molecular complexity index is 754. The van der Waals surface area contributed by atoms with E-state index in [4.69, 9.17) is 4.74 Å². The molecule has 1 aromatic carbocycles. The van der Waals surface area contributed by atoms with Crippen LogP contribution in [-0.4, -0.2) is 47.7 Å². The van der Waals surface area contributed by atoms with E-state index in [9.17, 15) is 19.3 Å². The van der Waals surface area contributed by atoms with E-state index in [2.05, 4.69) is 0 Å². The number of hydrogen-bond donors (Lipinski definition) is 0. The third kappa shape index (κ3) is 4.36. The van der Waals surface area contributed by atoms with Crippen LogP contribution in [0.4, 0.5) is 20.6 Å². The van der Waals surface area contributed by atoms with Crippen LogP contribution in [0.1, 0.15) is 46.5 Å². The Morgan fingerprint density at radius 1 is 1.21 bits per heavy atom. The minimum atomic E-state index is -0.566. The minimum absolute atomic E-state index is 0.0360. The summed E-state index contributed by atoms with van der Waals surface area (Å²) in [5, 5.41) is 11.3. The molecule has 0 N–H and O–H groups in total. The van der Waals surface area contributed by atoms with Gasteiger partial charge in [-0.05, 0) is 57.9 Å². The molecule has 154 valence electrons. The van der Waals surface area contributed by atoms with Crippen LogP contribution in [0.15, 0.2) is 18.2 Å². The van der Waals surface area contributed by atoms with Gasteiger partial charge in [0.2, 0.25) is 0 Å². The van der Waals surface area contributed by atoms with Gasteiger partial charge in [0.25, 0.3) is 5.69 Å². The molecule has 0 saturated carbocycles. The standard InChI is InChI=1S/C20H28FN3O4/c1-19(2,3)28-18(25)23-11-5-8-20(14-23)9-12-22(13-10-20)17-15(21)6-4-7-16(17)24(26)27/h4,6-7H,5,8-14H2,1-3H3. The van der Waals surface area contributed by atoms with Crippen LogP contribution in [0.2, 0.25) is 0 Å². The van der Waals surface area contributed by atoms with E-state index in [0.29, 0.717) is 26.2 Å². The lowest BCUT2D eigenvalue weighted by Crippen LogP contribution is -2.52. The van der Waals surface area contributed by atoms with Crippen molar-refractivity contribution < 1.29 is 18.8 Å². The number of hydrogen-bond acceptors (Lipinski definition) is 5. The molecule has 0 aromatic heterocycles. The SMILES string of the molecule is CC(C)(C)OC(=O)N1CCCC2(CCN(c3c(F)cccc3[N+](=O)[O-])CC2)C1. The van der Waals surface area contributed by atoms with Gasteiger partial charge in [-0.15, -0.1) is 0 Å². The predicted octanol–water partition coefficient (Wildman–Crippen LogP) is 4.35. The summed E-state index contributed by atoms with van der Waals surface area (Å²) in [6.07, 6.45) is 3.13. The molecule has 1 spiro atoms. The number of para-hydroxylation sites is 1. The van der Waals surface area contributed by atoms with Crippen LogP contribution < -0.4 is 4.90 Å². The first-order valence-corrected chi connectivity index (χ1v) is 9.76. The molecule has 28 heavy (non-hydrogen) atoms. The molecule has 0 unspecified atom stereocenters. The van der Waals surface area contributed by atoms with E-state index >= 15 is 0 Å². The Morgan fingerprint density at radius 3 is 2.50 bits per heavy atom. The Hall–Kier alpha value is -2.38. The number of halogens is 1. The minimum Gasteiger partial charge on any atom is -0.444 e. The molecule has 2 aliphatic rings. The molecule has 0 atom stereocenters. The largest absolute Gasteiger partial charge is 0.444 e. The van der Waals surface area contributed by atoms with Gasteiger partial charge >= 0.3 is 6.09 Å². The molecule has 0 aliphatic carbocycles. The van der Waals surface area contributed by atoms with Crippen molar-refractivity contribution in [3.8, 4) is 0 Å². The van der Waals surface area contributed by atoms with E-state index in [0.717, 1.165) is 25.7 Å². The topological polar surface area (TPSA) is 75.9 Å². The van der Waals surface area contributed by atoms with Crippen molar-refractivity contribution in [1.82, 2.24) is 4.90 Å². The van der Waals surface area contributed by atoms with Crippen LogP contribution in [0.25, 0.3) is 0 Å². The molecule has 8 heteroatoms. The molecule has 2 heterocycles. The van der Waals surface area contributed by atoms with E-state index in [1.807, 2.05) is 20.8 Å². The van der Waals surface area contributed by atoms with E-state index in [1.165, 1.54) is 18.2 Å². The van der Waals surface area contributed by atoms with E-state index in [1.54, 1.807) is 9.80 Å². The molecule has 1 amide bonds. The number of benzene rings is 1. The first-order chi connectivity index (χ1) is 13.1. The maximum Gasteiger partial charge on any atom is 0.410 e. The zero-order chi connectivity index (χ0) is 20.5. The van der Waals surface area contributed by atoms with Crippen molar-refractivity contribution in [2.45, 2.75) is 52.1 Å². The molecule has 7 nitrogen and oxygen atoms in total. The number of carbonyl (C=O) groups is 1. The number of nitro groups is 1. The van der Waals surface area contributed by atoms with Crippen molar-refractivity contribution in [2.24, 2.45) is 5.41 Å². The number of nitrogens with zero attached hydrogens (tertiary/aromatic N) is 3. The average molecular weight is 393 g/mol. The molecule has 2 fully saturated rings. The van der Waals surface area contributed by atoms with Crippen LogP contribution in [-0.2, 0) is 4.74 Å². The number of nitro benzene ring substituents is 1. The quantitative estimate of drug-likeness (QED) is 0.551. The third-order valence-corrected chi connectivity index (χ3v) is 5.62. The van der Waals surface area contributed by atoms with Crippen molar-refractivity contribution in [3.63, 3.8) is 0 Å². The molecular weight excluding hydrogens is 365 g/mol. The fourth-order valence-corrected chi connectivity index (χ4v) is 4.27. The van der Waals surface area contributed by atoms with Gasteiger partial charge in [-0.3, -0.25) is 10.1 Å². The summed E-state index contributed by atoms with van der Waals surface area (Å²) < 4.78 is 19.9. The summed E-state index contributed by atoms with van der Waals surface area (Å²) in [7, 11) is 0. The van der Waals surface area contributed by atoms with Crippen molar-refractivity contribution >= 4 is 17.5 Å². The first-order valence-electron chi connectivity index (χ1n) is 9.76. The second kappa shape index (κ2) is 7.56. The molecule has 2 saturated heterocycles. The molecule has 2 aliphatic heterocycles. The normalized spacial score (nSPS) is 19.6. The van der Waals surface area contributed by atoms with Gasteiger partial charge in [0, 0.05) is 32.2 Å². The second-order valence-corrected chi connectivity index (χ2v) is 8.86. The lowest BCUT2D eigenvalue weighted by Gasteiger charge is -2.48. The van der Waals surface area contributed by atoms with Gasteiger partial charge < -0.3 is 14.5 Å². The van der Waals surface area contributed by atoms with Gasteiger partial charge in [-0.25, -0.2) is 9.18 Å². The van der Waals surface area contributed by atoms with Gasteiger partial charge in [-0.1, -0.05) is 6.07 Å². The fraction of sp³-hybridized carbons (Fsp3) is 0.650. The van der Waals surface area contributed by atoms with Gasteiger partial charge in [0.15, 0.2) is 11.5 Å². The number of piperidine rings is 2. The van der Waals surface area contributed by atoms with E-state index in [-0.39, 0.29) is 22.9 Å². The predicted molar refractivity (Wildman–Crippen MR) is 104 cm³/mol. The lowest BCUT2D eigenvalue weighted by atomic mass is 9.72. The zero-order valence-electron chi connectivity index (χ0n) is 16.7. The Morgan fingerprint density at radius 2 is 1.89 bits per heavy atom. The van der Waals surface area contributed by atoms with E-state index < -0.39 is 16.3 Å². The molecular formula is C20H28FN3O4. The van der Waals surface area contributed by atoms with Gasteiger partial charge in [0.1, 0.15) is 5.60 Å². The summed E-state index contributed by atoms with van der Waals surface area (Å²) in [6.45, 7) is 7.92. The number of amides is 1. The monoisotopic (exact) mass is 393 g/mol. The van der Waals surface area contributed by atoms with Crippen LogP contribution >= 0.6 is 0 Å². The number of carbonyl (C=O) groups excluding carboxylic acids is 1. The lowest BCUT2D eigenvalue weighted by molar-refractivity contribution is -0.384. The highest BCUT2D eigenvalue weighted by molar-refractivity contribution is 5.68. The highest BCUT2D eigenvalue weighted by atomic mass is 19.1. The van der Waals surface area contributed by atoms with Crippen molar-refractivity contribution in [3.05, 3.63) is 34.1 Å². The highest BCUT2D eigenvalue weighted by Crippen LogP contribution is 2.43. The Labute approximate surface area is 164 Å². The van der Waals surface area contributed by atoms with Gasteiger partial charge in [0.05, 0.1) is 4.92 Å². The molecule has 0 bridgehead atoms. The average Bonchev–Trinajstić information content (AvgIpc) is 2.61. The molecule has 1 aromatic rings. The Kier molecular flexibility index (Phi) is 5.50. The maximum absolute atomic E-state index is 14.3. The second-order valence-electron chi connectivity index (χ2n) is 8.86. The Balaban J connectivity index is 1.70. The maximum atomic E-state index is 14.3. The fourth-order valence-electron chi connectivity index (χ4n) is 4.27. The zero-order valence-corrected chi connectivity index (χ0v) is 16.7.